The van der Waals surface area contributed by atoms with Gasteiger partial charge >= 0.3 is 0 Å². The minimum absolute atomic E-state index is 0.00404. The highest BCUT2D eigenvalue weighted by Gasteiger charge is 2.33. The molecule has 0 saturated carbocycles. The number of nitrogens with zero attached hydrogens (tertiary/aromatic N) is 2. The largest absolute Gasteiger partial charge is 0.367 e. The van der Waals surface area contributed by atoms with Crippen LogP contribution < -0.4 is 0 Å². The highest BCUT2D eigenvalue weighted by Crippen LogP contribution is 2.29. The molecule has 1 aromatic heterocycles. The zero-order valence-electron chi connectivity index (χ0n) is 13.9. The second kappa shape index (κ2) is 6.40. The average Bonchev–Trinajstić information content (AvgIpc) is 3.05. The molecule has 126 valence electrons. The molecule has 1 saturated heterocycles. The Labute approximate surface area is 141 Å². The van der Waals surface area contributed by atoms with Crippen molar-refractivity contribution in [3.05, 3.63) is 52.9 Å². The quantitative estimate of drug-likeness (QED) is 0.851. The van der Waals surface area contributed by atoms with Crippen LogP contribution in [0.1, 0.15) is 53.2 Å². The van der Waals surface area contributed by atoms with E-state index in [2.05, 4.69) is 5.16 Å². The van der Waals surface area contributed by atoms with Gasteiger partial charge in [-0.3, -0.25) is 4.79 Å². The van der Waals surface area contributed by atoms with Gasteiger partial charge in [-0.25, -0.2) is 0 Å². The van der Waals surface area contributed by atoms with Crippen LogP contribution in [0.2, 0.25) is 0 Å². The molecule has 5 heteroatoms. The van der Waals surface area contributed by atoms with E-state index in [1.54, 1.807) is 0 Å². The molecule has 1 aliphatic carbocycles. The summed E-state index contributed by atoms with van der Waals surface area (Å²) in [6.45, 7) is 3.15. The number of aromatic nitrogens is 1. The number of rotatable bonds is 2. The standard InChI is InChI=1S/C19H22N2O3/c1-13-11-21(12-17(23-13)14-7-3-2-4-8-14)19(22)18-15-9-5-6-10-16(15)24-20-18/h2-4,7-8,13,17H,5-6,9-12H2,1H3/t13-,17+/m1/s1. The Hall–Kier alpha value is -2.14. The minimum atomic E-state index is -0.0957. The molecule has 2 heterocycles. The van der Waals surface area contributed by atoms with E-state index < -0.39 is 0 Å². The smallest absolute Gasteiger partial charge is 0.276 e. The molecule has 1 amide bonds. The molecule has 0 bridgehead atoms. The summed E-state index contributed by atoms with van der Waals surface area (Å²) in [6.07, 6.45) is 3.89. The molecule has 1 fully saturated rings. The summed E-state index contributed by atoms with van der Waals surface area (Å²) in [6, 6.07) is 10.1. The highest BCUT2D eigenvalue weighted by molar-refractivity contribution is 5.94. The summed E-state index contributed by atoms with van der Waals surface area (Å²) in [5.74, 6) is 0.864. The number of carbonyl (C=O) groups excluding carboxylic acids is 1. The highest BCUT2D eigenvalue weighted by atomic mass is 16.5. The van der Waals surface area contributed by atoms with Crippen LogP contribution in [0.4, 0.5) is 0 Å². The van der Waals surface area contributed by atoms with Crippen molar-refractivity contribution >= 4 is 5.91 Å². The van der Waals surface area contributed by atoms with Gasteiger partial charge in [0.15, 0.2) is 5.69 Å². The lowest BCUT2D eigenvalue weighted by atomic mass is 9.96. The molecule has 2 aliphatic rings. The summed E-state index contributed by atoms with van der Waals surface area (Å²) < 4.78 is 11.5. The lowest BCUT2D eigenvalue weighted by molar-refractivity contribution is -0.0693. The number of benzene rings is 1. The van der Waals surface area contributed by atoms with E-state index in [1.807, 2.05) is 42.2 Å². The molecule has 0 spiro atoms. The average molecular weight is 326 g/mol. The number of fused-ring (bicyclic) bond motifs is 1. The maximum absolute atomic E-state index is 13.0. The molecule has 0 unspecified atom stereocenters. The zero-order valence-corrected chi connectivity index (χ0v) is 13.9. The van der Waals surface area contributed by atoms with Crippen LogP contribution >= 0.6 is 0 Å². The molecular weight excluding hydrogens is 304 g/mol. The van der Waals surface area contributed by atoms with E-state index in [1.165, 1.54) is 0 Å². The first kappa shape index (κ1) is 15.4. The molecule has 2 atom stereocenters. The zero-order chi connectivity index (χ0) is 16.5. The topological polar surface area (TPSA) is 55.6 Å². The van der Waals surface area contributed by atoms with Gasteiger partial charge in [-0.1, -0.05) is 35.5 Å². The second-order valence-corrected chi connectivity index (χ2v) is 6.70. The van der Waals surface area contributed by atoms with E-state index >= 15 is 0 Å². The van der Waals surface area contributed by atoms with Crippen molar-refractivity contribution in [1.82, 2.24) is 10.1 Å². The third kappa shape index (κ3) is 2.84. The fraction of sp³-hybridized carbons (Fsp3) is 0.474. The Bertz CT molecular complexity index is 725. The van der Waals surface area contributed by atoms with Gasteiger partial charge < -0.3 is 14.2 Å². The van der Waals surface area contributed by atoms with Gasteiger partial charge in [0.05, 0.1) is 12.6 Å². The van der Waals surface area contributed by atoms with Crippen molar-refractivity contribution in [1.29, 1.82) is 0 Å². The van der Waals surface area contributed by atoms with Crippen LogP contribution in [0.25, 0.3) is 0 Å². The van der Waals surface area contributed by atoms with E-state index in [-0.39, 0.29) is 18.1 Å². The van der Waals surface area contributed by atoms with E-state index in [0.29, 0.717) is 18.8 Å². The molecule has 1 aliphatic heterocycles. The van der Waals surface area contributed by atoms with E-state index in [4.69, 9.17) is 9.26 Å². The number of morpholine rings is 1. The monoisotopic (exact) mass is 326 g/mol. The molecule has 5 nitrogen and oxygen atoms in total. The van der Waals surface area contributed by atoms with Crippen molar-refractivity contribution in [2.24, 2.45) is 0 Å². The molecule has 2 aromatic rings. The van der Waals surface area contributed by atoms with E-state index in [0.717, 1.165) is 42.6 Å². The van der Waals surface area contributed by atoms with Crippen LogP contribution in [-0.2, 0) is 17.6 Å². The van der Waals surface area contributed by atoms with Crippen LogP contribution in [0.3, 0.4) is 0 Å². The summed E-state index contributed by atoms with van der Waals surface area (Å²) >= 11 is 0. The predicted molar refractivity (Wildman–Crippen MR) is 88.8 cm³/mol. The first-order valence-corrected chi connectivity index (χ1v) is 8.69. The molecule has 0 radical (unpaired) electrons. The van der Waals surface area contributed by atoms with Gasteiger partial charge in [0.2, 0.25) is 0 Å². The Kier molecular flexibility index (Phi) is 4.10. The third-order valence-electron chi connectivity index (χ3n) is 4.87. The normalized spacial score (nSPS) is 23.8. The minimum Gasteiger partial charge on any atom is -0.367 e. The van der Waals surface area contributed by atoms with Crippen molar-refractivity contribution in [2.45, 2.75) is 44.8 Å². The first-order chi connectivity index (χ1) is 11.7. The molecule has 0 N–H and O–H groups in total. The van der Waals surface area contributed by atoms with Crippen molar-refractivity contribution in [2.75, 3.05) is 13.1 Å². The number of hydrogen-bond acceptors (Lipinski definition) is 4. The first-order valence-electron chi connectivity index (χ1n) is 8.69. The lowest BCUT2D eigenvalue weighted by Crippen LogP contribution is -2.46. The lowest BCUT2D eigenvalue weighted by Gasteiger charge is -2.36. The number of ether oxygens (including phenoxy) is 1. The Balaban J connectivity index is 1.57. The Morgan fingerprint density at radius 3 is 2.79 bits per heavy atom. The fourth-order valence-corrected chi connectivity index (χ4v) is 3.67. The van der Waals surface area contributed by atoms with Gasteiger partial charge in [-0.05, 0) is 31.7 Å². The van der Waals surface area contributed by atoms with Gasteiger partial charge in [-0.2, -0.15) is 0 Å². The van der Waals surface area contributed by atoms with Crippen LogP contribution in [0.15, 0.2) is 34.9 Å². The predicted octanol–water partition coefficient (Wildman–Crippen LogP) is 3.16. The van der Waals surface area contributed by atoms with Gasteiger partial charge in [0, 0.05) is 18.5 Å². The van der Waals surface area contributed by atoms with Crippen molar-refractivity contribution in [3.8, 4) is 0 Å². The van der Waals surface area contributed by atoms with Gasteiger partial charge in [0.1, 0.15) is 11.9 Å². The Morgan fingerprint density at radius 2 is 1.96 bits per heavy atom. The number of hydrogen-bond donors (Lipinski definition) is 0. The SMILES string of the molecule is C[C@@H]1CN(C(=O)c2noc3c2CCCC3)C[C@@H](c2ccccc2)O1. The van der Waals surface area contributed by atoms with Crippen LogP contribution in [0, 0.1) is 0 Å². The summed E-state index contributed by atoms with van der Waals surface area (Å²) in [5, 5.41) is 4.09. The molecule has 1 aromatic carbocycles. The van der Waals surface area contributed by atoms with Crippen LogP contribution in [-0.4, -0.2) is 35.2 Å². The summed E-state index contributed by atoms with van der Waals surface area (Å²) in [5.41, 5.74) is 2.62. The fourth-order valence-electron chi connectivity index (χ4n) is 3.67. The third-order valence-corrected chi connectivity index (χ3v) is 4.87. The van der Waals surface area contributed by atoms with Gasteiger partial charge in [-0.15, -0.1) is 0 Å². The molecular formula is C19H22N2O3. The summed E-state index contributed by atoms with van der Waals surface area (Å²) in [7, 11) is 0. The maximum atomic E-state index is 13.0. The maximum Gasteiger partial charge on any atom is 0.276 e. The molecule has 24 heavy (non-hydrogen) atoms. The van der Waals surface area contributed by atoms with E-state index in [9.17, 15) is 4.79 Å². The number of aryl methyl sites for hydroxylation is 1. The molecule has 4 rings (SSSR count). The second-order valence-electron chi connectivity index (χ2n) is 6.70. The number of carbonyl (C=O) groups is 1. The number of amides is 1. The summed E-state index contributed by atoms with van der Waals surface area (Å²) in [4.78, 5) is 14.9. The van der Waals surface area contributed by atoms with Crippen molar-refractivity contribution in [3.63, 3.8) is 0 Å². The van der Waals surface area contributed by atoms with Crippen LogP contribution in [0.5, 0.6) is 0 Å². The Morgan fingerprint density at radius 1 is 1.17 bits per heavy atom. The van der Waals surface area contributed by atoms with Crippen molar-refractivity contribution < 1.29 is 14.1 Å². The van der Waals surface area contributed by atoms with Gasteiger partial charge in [0.25, 0.3) is 5.91 Å².